The summed E-state index contributed by atoms with van der Waals surface area (Å²) >= 11 is 0. The molecule has 1 fully saturated rings. The highest BCUT2D eigenvalue weighted by Gasteiger charge is 2.34. The van der Waals surface area contributed by atoms with Crippen LogP contribution >= 0.6 is 0 Å². The molecule has 0 saturated carbocycles. The Morgan fingerprint density at radius 2 is 2.07 bits per heavy atom. The Hall–Kier alpha value is -3.13. The zero-order valence-electron chi connectivity index (χ0n) is 15.6. The summed E-state index contributed by atoms with van der Waals surface area (Å²) in [5, 5.41) is 9.98. The molecule has 1 amide bonds. The van der Waals surface area contributed by atoms with Gasteiger partial charge in [0.1, 0.15) is 11.5 Å². The Kier molecular flexibility index (Phi) is 4.87. The number of aliphatic hydroxyl groups is 1. The smallest absolute Gasteiger partial charge is 0.274 e. The number of rotatable bonds is 4. The highest BCUT2D eigenvalue weighted by Crippen LogP contribution is 2.32. The van der Waals surface area contributed by atoms with Crippen LogP contribution in [0.15, 0.2) is 41.5 Å². The molecule has 0 spiro atoms. The molecule has 4 rings (SSSR count). The number of para-hydroxylation sites is 1. The molecule has 1 atom stereocenters. The van der Waals surface area contributed by atoms with Gasteiger partial charge in [-0.1, -0.05) is 12.1 Å². The summed E-state index contributed by atoms with van der Waals surface area (Å²) in [5.74, 6) is 0.275. The third-order valence-corrected chi connectivity index (χ3v) is 5.03. The lowest BCUT2D eigenvalue weighted by atomic mass is 10.1. The van der Waals surface area contributed by atoms with E-state index in [1.54, 1.807) is 29.3 Å². The van der Waals surface area contributed by atoms with E-state index in [1.807, 2.05) is 13.0 Å². The Bertz CT molecular complexity index is 1080. The molecule has 0 aliphatic carbocycles. The number of amides is 1. The summed E-state index contributed by atoms with van der Waals surface area (Å²) in [4.78, 5) is 40.7. The van der Waals surface area contributed by atoms with Crippen LogP contribution in [0.1, 0.15) is 40.9 Å². The maximum atomic E-state index is 13.0. The highest BCUT2D eigenvalue weighted by molar-refractivity contribution is 5.92. The quantitative estimate of drug-likeness (QED) is 0.737. The Balaban J connectivity index is 1.79. The molecule has 8 heteroatoms. The summed E-state index contributed by atoms with van der Waals surface area (Å²) in [5.41, 5.74) is 1.40. The zero-order chi connectivity index (χ0) is 19.7. The molecule has 8 nitrogen and oxygen atoms in total. The number of hydrogen-bond donors (Lipinski definition) is 1. The largest absolute Gasteiger partial charge is 0.395 e. The molecule has 28 heavy (non-hydrogen) atoms. The van der Waals surface area contributed by atoms with Crippen molar-refractivity contribution in [1.29, 1.82) is 0 Å². The van der Waals surface area contributed by atoms with E-state index in [0.717, 1.165) is 12.1 Å². The number of likely N-dealkylation sites (tertiary alicyclic amines) is 1. The van der Waals surface area contributed by atoms with Gasteiger partial charge in [0.05, 0.1) is 42.0 Å². The molecule has 144 valence electrons. The summed E-state index contributed by atoms with van der Waals surface area (Å²) in [6.07, 6.45) is 4.54. The van der Waals surface area contributed by atoms with Crippen molar-refractivity contribution in [3.05, 3.63) is 64.2 Å². The number of carbonyl (C=O) groups is 1. The van der Waals surface area contributed by atoms with Gasteiger partial charge in [-0.05, 0) is 31.9 Å². The molecule has 0 radical (unpaired) electrons. The number of hydrogen-bond acceptors (Lipinski definition) is 6. The third kappa shape index (κ3) is 3.16. The van der Waals surface area contributed by atoms with E-state index < -0.39 is 0 Å². The maximum Gasteiger partial charge on any atom is 0.274 e. The SMILES string of the molecule is Cc1cnc(C(=O)N2CCCC2c2nc3ccccc3c(=O)n2CCO)cn1. The van der Waals surface area contributed by atoms with Gasteiger partial charge in [-0.3, -0.25) is 19.1 Å². The number of carbonyl (C=O) groups excluding carboxylic acids is 1. The van der Waals surface area contributed by atoms with Gasteiger partial charge < -0.3 is 10.0 Å². The molecule has 2 aromatic heterocycles. The average Bonchev–Trinajstić information content (AvgIpc) is 3.20. The molecule has 1 aliphatic heterocycles. The normalized spacial score (nSPS) is 16.6. The third-order valence-electron chi connectivity index (χ3n) is 5.03. The minimum atomic E-state index is -0.348. The summed E-state index contributed by atoms with van der Waals surface area (Å²) in [7, 11) is 0. The van der Waals surface area contributed by atoms with Gasteiger partial charge in [0, 0.05) is 12.7 Å². The van der Waals surface area contributed by atoms with Crippen molar-refractivity contribution in [3.63, 3.8) is 0 Å². The van der Waals surface area contributed by atoms with Crippen molar-refractivity contribution in [2.24, 2.45) is 0 Å². The topological polar surface area (TPSA) is 101 Å². The highest BCUT2D eigenvalue weighted by atomic mass is 16.3. The van der Waals surface area contributed by atoms with Gasteiger partial charge >= 0.3 is 0 Å². The lowest BCUT2D eigenvalue weighted by molar-refractivity contribution is 0.0719. The first kappa shape index (κ1) is 18.2. The van der Waals surface area contributed by atoms with E-state index in [9.17, 15) is 14.7 Å². The second-order valence-electron chi connectivity index (χ2n) is 6.87. The molecule has 1 aromatic carbocycles. The van der Waals surface area contributed by atoms with Crippen LogP contribution in [0.4, 0.5) is 0 Å². The molecular formula is C20H21N5O3. The monoisotopic (exact) mass is 379 g/mol. The van der Waals surface area contributed by atoms with E-state index in [2.05, 4.69) is 9.97 Å². The first-order valence-electron chi connectivity index (χ1n) is 9.30. The Morgan fingerprint density at radius 1 is 1.25 bits per heavy atom. The number of fused-ring (bicyclic) bond motifs is 1. The van der Waals surface area contributed by atoms with E-state index in [0.29, 0.717) is 29.7 Å². The van der Waals surface area contributed by atoms with E-state index in [4.69, 9.17) is 4.98 Å². The molecule has 1 saturated heterocycles. The maximum absolute atomic E-state index is 13.0. The fourth-order valence-corrected chi connectivity index (χ4v) is 3.68. The van der Waals surface area contributed by atoms with Gasteiger partial charge in [-0.25, -0.2) is 9.97 Å². The Morgan fingerprint density at radius 3 is 2.82 bits per heavy atom. The number of benzene rings is 1. The zero-order valence-corrected chi connectivity index (χ0v) is 15.6. The molecule has 1 N–H and O–H groups in total. The van der Waals surface area contributed by atoms with Gasteiger partial charge in [-0.15, -0.1) is 0 Å². The molecule has 1 aliphatic rings. The minimum absolute atomic E-state index is 0.134. The summed E-state index contributed by atoms with van der Waals surface area (Å²) in [6, 6.07) is 6.78. The van der Waals surface area contributed by atoms with Gasteiger partial charge in [-0.2, -0.15) is 0 Å². The molecule has 0 bridgehead atoms. The summed E-state index contributed by atoms with van der Waals surface area (Å²) in [6.45, 7) is 2.32. The van der Waals surface area contributed by atoms with Crippen molar-refractivity contribution >= 4 is 16.8 Å². The number of aromatic nitrogens is 4. The van der Waals surface area contributed by atoms with Crippen molar-refractivity contribution in [3.8, 4) is 0 Å². The Labute approximate surface area is 161 Å². The minimum Gasteiger partial charge on any atom is -0.395 e. The van der Waals surface area contributed by atoms with Crippen LogP contribution in [-0.2, 0) is 6.54 Å². The van der Waals surface area contributed by atoms with Crippen LogP contribution in [0.25, 0.3) is 10.9 Å². The van der Waals surface area contributed by atoms with Crippen LogP contribution in [0, 0.1) is 6.92 Å². The summed E-state index contributed by atoms with van der Waals surface area (Å²) < 4.78 is 1.49. The first-order valence-corrected chi connectivity index (χ1v) is 9.30. The number of aryl methyl sites for hydroxylation is 1. The fraction of sp³-hybridized carbons (Fsp3) is 0.350. The van der Waals surface area contributed by atoms with E-state index >= 15 is 0 Å². The molecule has 3 heterocycles. The standard InChI is InChI=1S/C20H21N5O3/c1-13-11-22-16(12-21-13)20(28)24-8-4-7-17(24)18-23-15-6-3-2-5-14(15)19(27)25(18)9-10-26/h2-3,5-6,11-12,17,26H,4,7-10H2,1H3. The predicted octanol–water partition coefficient (Wildman–Crippen LogP) is 1.46. The van der Waals surface area contributed by atoms with Gasteiger partial charge in [0.25, 0.3) is 11.5 Å². The van der Waals surface area contributed by atoms with Crippen molar-refractivity contribution in [1.82, 2.24) is 24.4 Å². The van der Waals surface area contributed by atoms with Crippen molar-refractivity contribution in [2.45, 2.75) is 32.4 Å². The predicted molar refractivity (Wildman–Crippen MR) is 103 cm³/mol. The van der Waals surface area contributed by atoms with Crippen molar-refractivity contribution in [2.75, 3.05) is 13.2 Å². The fourth-order valence-electron chi connectivity index (χ4n) is 3.68. The van der Waals surface area contributed by atoms with Crippen LogP contribution in [0.3, 0.4) is 0 Å². The van der Waals surface area contributed by atoms with Crippen LogP contribution in [-0.4, -0.2) is 48.6 Å². The average molecular weight is 379 g/mol. The van der Waals surface area contributed by atoms with Crippen LogP contribution in [0.2, 0.25) is 0 Å². The number of nitrogens with zero attached hydrogens (tertiary/aromatic N) is 5. The second-order valence-corrected chi connectivity index (χ2v) is 6.87. The second kappa shape index (κ2) is 7.47. The molecular weight excluding hydrogens is 358 g/mol. The molecule has 3 aromatic rings. The molecule has 1 unspecified atom stereocenters. The van der Waals surface area contributed by atoms with Crippen LogP contribution < -0.4 is 5.56 Å². The van der Waals surface area contributed by atoms with Crippen molar-refractivity contribution < 1.29 is 9.90 Å². The lowest BCUT2D eigenvalue weighted by Crippen LogP contribution is -2.36. The van der Waals surface area contributed by atoms with Gasteiger partial charge in [0.2, 0.25) is 0 Å². The van der Waals surface area contributed by atoms with E-state index in [1.165, 1.54) is 10.8 Å². The van der Waals surface area contributed by atoms with Crippen LogP contribution in [0.5, 0.6) is 0 Å². The first-order chi connectivity index (χ1) is 13.6. The van der Waals surface area contributed by atoms with E-state index in [-0.39, 0.29) is 36.4 Å². The van der Waals surface area contributed by atoms with Gasteiger partial charge in [0.15, 0.2) is 0 Å². The number of aliphatic hydroxyl groups excluding tert-OH is 1. The lowest BCUT2D eigenvalue weighted by Gasteiger charge is -2.26.